The van der Waals surface area contributed by atoms with Crippen LogP contribution in [0.15, 0.2) is 24.3 Å². The SMILES string of the molecule is CSCc1nc2ccccc2n1CC(=O)N1CCN(C(=O)C(C)(C)C)CC1. The van der Waals surface area contributed by atoms with Crippen molar-refractivity contribution in [1.82, 2.24) is 19.4 Å². The number of fused-ring (bicyclic) bond motifs is 1. The number of benzene rings is 1. The van der Waals surface area contributed by atoms with Gasteiger partial charge in [0.1, 0.15) is 12.4 Å². The number of amides is 2. The Morgan fingerprint density at radius 3 is 2.33 bits per heavy atom. The van der Waals surface area contributed by atoms with Crippen LogP contribution in [-0.2, 0) is 21.9 Å². The highest BCUT2D eigenvalue weighted by Crippen LogP contribution is 2.21. The fourth-order valence-corrected chi connectivity index (χ4v) is 3.89. The van der Waals surface area contributed by atoms with E-state index in [9.17, 15) is 9.59 Å². The third-order valence-electron chi connectivity index (χ3n) is 4.86. The van der Waals surface area contributed by atoms with E-state index in [4.69, 9.17) is 0 Å². The minimum atomic E-state index is -0.380. The maximum atomic E-state index is 12.9. The van der Waals surface area contributed by atoms with Crippen LogP contribution in [0.1, 0.15) is 26.6 Å². The molecular formula is C20H28N4O2S. The van der Waals surface area contributed by atoms with Crippen molar-refractivity contribution in [3.05, 3.63) is 30.1 Å². The first-order valence-corrected chi connectivity index (χ1v) is 10.7. The molecule has 27 heavy (non-hydrogen) atoms. The van der Waals surface area contributed by atoms with Gasteiger partial charge in [0.05, 0.1) is 16.8 Å². The summed E-state index contributed by atoms with van der Waals surface area (Å²) in [5.41, 5.74) is 1.54. The van der Waals surface area contributed by atoms with Crippen molar-refractivity contribution >= 4 is 34.6 Å². The van der Waals surface area contributed by atoms with E-state index in [1.165, 1.54) is 0 Å². The molecule has 2 amide bonds. The summed E-state index contributed by atoms with van der Waals surface area (Å²) < 4.78 is 2.03. The number of aromatic nitrogens is 2. The second-order valence-electron chi connectivity index (χ2n) is 7.96. The normalized spacial score (nSPS) is 15.4. The molecule has 1 aromatic heterocycles. The van der Waals surface area contributed by atoms with Crippen molar-refractivity contribution in [3.8, 4) is 0 Å². The Labute approximate surface area is 164 Å². The van der Waals surface area contributed by atoms with Gasteiger partial charge in [-0.1, -0.05) is 32.9 Å². The quantitative estimate of drug-likeness (QED) is 0.808. The molecule has 0 spiro atoms. The maximum Gasteiger partial charge on any atom is 0.242 e. The van der Waals surface area contributed by atoms with Gasteiger partial charge >= 0.3 is 0 Å². The van der Waals surface area contributed by atoms with Crippen molar-refractivity contribution in [1.29, 1.82) is 0 Å². The van der Waals surface area contributed by atoms with E-state index in [0.717, 1.165) is 22.6 Å². The highest BCUT2D eigenvalue weighted by Gasteiger charge is 2.31. The number of piperazine rings is 1. The van der Waals surface area contributed by atoms with Gasteiger partial charge in [-0.15, -0.1) is 0 Å². The van der Waals surface area contributed by atoms with E-state index < -0.39 is 0 Å². The van der Waals surface area contributed by atoms with Crippen molar-refractivity contribution in [3.63, 3.8) is 0 Å². The molecule has 1 aliphatic rings. The number of carbonyl (C=O) groups is 2. The number of hydrogen-bond donors (Lipinski definition) is 0. The standard InChI is InChI=1S/C20H28N4O2S/c1-20(2,3)19(26)23-11-9-22(10-12-23)18(25)13-24-16-8-6-5-7-15(16)21-17(24)14-27-4/h5-8H,9-14H2,1-4H3. The maximum absolute atomic E-state index is 12.9. The number of rotatable bonds is 4. The summed E-state index contributed by atoms with van der Waals surface area (Å²) in [4.78, 5) is 33.7. The number of nitrogens with zero attached hydrogens (tertiary/aromatic N) is 4. The highest BCUT2D eigenvalue weighted by atomic mass is 32.2. The molecule has 1 fully saturated rings. The van der Waals surface area contributed by atoms with Gasteiger partial charge in [-0.25, -0.2) is 4.98 Å². The molecule has 1 aliphatic heterocycles. The van der Waals surface area contributed by atoms with Gasteiger partial charge in [0, 0.05) is 31.6 Å². The molecule has 146 valence electrons. The molecule has 0 N–H and O–H groups in total. The Morgan fingerprint density at radius 2 is 1.70 bits per heavy atom. The monoisotopic (exact) mass is 388 g/mol. The summed E-state index contributed by atoms with van der Waals surface area (Å²) in [7, 11) is 0. The molecule has 1 aromatic carbocycles. The van der Waals surface area contributed by atoms with Crippen molar-refractivity contribution in [2.24, 2.45) is 5.41 Å². The number of thioether (sulfide) groups is 1. The molecular weight excluding hydrogens is 360 g/mol. The van der Waals surface area contributed by atoms with Crippen molar-refractivity contribution in [2.75, 3.05) is 32.4 Å². The fraction of sp³-hybridized carbons (Fsp3) is 0.550. The van der Waals surface area contributed by atoms with E-state index in [2.05, 4.69) is 4.98 Å². The van der Waals surface area contributed by atoms with Crippen molar-refractivity contribution < 1.29 is 9.59 Å². The molecule has 0 atom stereocenters. The lowest BCUT2D eigenvalue weighted by atomic mass is 9.94. The van der Waals surface area contributed by atoms with Gasteiger partial charge in [-0.05, 0) is 18.4 Å². The summed E-state index contributed by atoms with van der Waals surface area (Å²) in [6.07, 6.45) is 2.04. The zero-order chi connectivity index (χ0) is 19.6. The Bertz CT molecular complexity index is 832. The van der Waals surface area contributed by atoms with Gasteiger partial charge in [-0.3, -0.25) is 9.59 Å². The van der Waals surface area contributed by atoms with E-state index in [1.807, 2.05) is 65.7 Å². The molecule has 7 heteroatoms. The van der Waals surface area contributed by atoms with E-state index >= 15 is 0 Å². The number of imidazole rings is 1. The molecule has 2 heterocycles. The molecule has 0 saturated carbocycles. The molecule has 6 nitrogen and oxygen atoms in total. The Morgan fingerprint density at radius 1 is 1.07 bits per heavy atom. The lowest BCUT2D eigenvalue weighted by Crippen LogP contribution is -2.53. The molecule has 0 unspecified atom stereocenters. The van der Waals surface area contributed by atoms with E-state index in [0.29, 0.717) is 32.7 Å². The number of carbonyl (C=O) groups excluding carboxylic acids is 2. The zero-order valence-electron chi connectivity index (χ0n) is 16.6. The Balaban J connectivity index is 1.69. The minimum Gasteiger partial charge on any atom is -0.339 e. The molecule has 0 bridgehead atoms. The molecule has 0 aliphatic carbocycles. The number of hydrogen-bond acceptors (Lipinski definition) is 4. The number of para-hydroxylation sites is 2. The van der Waals surface area contributed by atoms with Crippen LogP contribution in [0.2, 0.25) is 0 Å². The highest BCUT2D eigenvalue weighted by molar-refractivity contribution is 7.97. The smallest absolute Gasteiger partial charge is 0.242 e. The second-order valence-corrected chi connectivity index (χ2v) is 8.82. The van der Waals surface area contributed by atoms with Crippen LogP contribution in [0.3, 0.4) is 0 Å². The first-order valence-electron chi connectivity index (χ1n) is 9.31. The summed E-state index contributed by atoms with van der Waals surface area (Å²) >= 11 is 1.70. The molecule has 3 rings (SSSR count). The average Bonchev–Trinajstić information content (AvgIpc) is 2.98. The summed E-state index contributed by atoms with van der Waals surface area (Å²) in [6, 6.07) is 7.94. The van der Waals surface area contributed by atoms with Crippen LogP contribution >= 0.6 is 11.8 Å². The van der Waals surface area contributed by atoms with Crippen LogP contribution in [0.4, 0.5) is 0 Å². The van der Waals surface area contributed by atoms with Crippen LogP contribution in [0.5, 0.6) is 0 Å². The molecule has 2 aromatic rings. The van der Waals surface area contributed by atoms with Gasteiger partial charge in [0.15, 0.2) is 0 Å². The average molecular weight is 389 g/mol. The Kier molecular flexibility index (Phi) is 5.79. The third-order valence-corrected chi connectivity index (χ3v) is 5.41. The first kappa shape index (κ1) is 19.7. The summed E-state index contributed by atoms with van der Waals surface area (Å²) in [6.45, 7) is 8.48. The van der Waals surface area contributed by atoms with E-state index in [-0.39, 0.29) is 17.2 Å². The topological polar surface area (TPSA) is 58.4 Å². The summed E-state index contributed by atoms with van der Waals surface area (Å²) in [5, 5.41) is 0. The van der Waals surface area contributed by atoms with Gasteiger partial charge in [0.25, 0.3) is 0 Å². The van der Waals surface area contributed by atoms with Crippen LogP contribution in [0, 0.1) is 5.41 Å². The second kappa shape index (κ2) is 7.92. The van der Waals surface area contributed by atoms with Gasteiger partial charge in [0.2, 0.25) is 11.8 Å². The zero-order valence-corrected chi connectivity index (χ0v) is 17.4. The van der Waals surface area contributed by atoms with Crippen LogP contribution in [-0.4, -0.2) is 63.6 Å². The van der Waals surface area contributed by atoms with Gasteiger partial charge < -0.3 is 14.4 Å². The van der Waals surface area contributed by atoms with E-state index in [1.54, 1.807) is 11.8 Å². The van der Waals surface area contributed by atoms with Crippen molar-refractivity contribution in [2.45, 2.75) is 33.1 Å². The minimum absolute atomic E-state index is 0.0864. The van der Waals surface area contributed by atoms with Crippen LogP contribution in [0.25, 0.3) is 11.0 Å². The lowest BCUT2D eigenvalue weighted by molar-refractivity contribution is -0.145. The summed E-state index contributed by atoms with van der Waals surface area (Å²) in [5.74, 6) is 1.94. The molecule has 1 saturated heterocycles. The molecule has 0 radical (unpaired) electrons. The largest absolute Gasteiger partial charge is 0.339 e. The third kappa shape index (κ3) is 4.29. The predicted octanol–water partition coefficient (Wildman–Crippen LogP) is 2.62. The van der Waals surface area contributed by atoms with Crippen LogP contribution < -0.4 is 0 Å². The lowest BCUT2D eigenvalue weighted by Gasteiger charge is -2.37. The fourth-order valence-electron chi connectivity index (χ4n) is 3.41. The predicted molar refractivity (Wildman–Crippen MR) is 110 cm³/mol. The van der Waals surface area contributed by atoms with Gasteiger partial charge in [-0.2, -0.15) is 11.8 Å². The Hall–Kier alpha value is -2.02. The first-order chi connectivity index (χ1) is 12.8.